The van der Waals surface area contributed by atoms with Gasteiger partial charge in [0.25, 0.3) is 0 Å². The van der Waals surface area contributed by atoms with Crippen LogP contribution in [0.3, 0.4) is 0 Å². The number of hydrogen-bond acceptors (Lipinski definition) is 5. The molecule has 0 aliphatic rings. The summed E-state index contributed by atoms with van der Waals surface area (Å²) in [5.74, 6) is -0.538. The molecule has 0 saturated carbocycles. The molecule has 0 aromatic rings. The Labute approximate surface area is 151 Å². The van der Waals surface area contributed by atoms with Crippen molar-refractivity contribution in [1.82, 2.24) is 0 Å². The highest BCUT2D eigenvalue weighted by Gasteiger charge is 2.18. The Bertz CT molecular complexity index is 405. The Morgan fingerprint density at radius 3 is 2.44 bits per heavy atom. The average molecular weight is 354 g/mol. The van der Waals surface area contributed by atoms with E-state index in [1.165, 1.54) is 6.08 Å². The van der Waals surface area contributed by atoms with Gasteiger partial charge in [-0.2, -0.15) is 0 Å². The van der Waals surface area contributed by atoms with Crippen LogP contribution >= 0.6 is 0 Å². The zero-order chi connectivity index (χ0) is 19.1. The largest absolute Gasteiger partial charge is 0.459 e. The van der Waals surface area contributed by atoms with E-state index in [0.717, 1.165) is 44.6 Å². The molecule has 0 spiro atoms. The van der Waals surface area contributed by atoms with E-state index < -0.39 is 24.3 Å². The molecule has 0 rings (SSSR count). The van der Waals surface area contributed by atoms with Crippen LogP contribution < -0.4 is 0 Å². The van der Waals surface area contributed by atoms with Gasteiger partial charge in [-0.05, 0) is 38.2 Å². The molecular formula is C20H34O5. The number of unbranched alkanes of at least 4 members (excludes halogenated alkanes) is 2. The summed E-state index contributed by atoms with van der Waals surface area (Å²) in [7, 11) is 0. The fraction of sp³-hybridized carbons (Fsp3) is 0.650. The van der Waals surface area contributed by atoms with Crippen LogP contribution in [-0.2, 0) is 9.53 Å². The van der Waals surface area contributed by atoms with E-state index in [-0.39, 0.29) is 12.5 Å². The number of esters is 1. The highest BCUT2D eigenvalue weighted by molar-refractivity contribution is 5.82. The Morgan fingerprint density at radius 2 is 1.84 bits per heavy atom. The second-order valence-electron chi connectivity index (χ2n) is 6.25. The third-order valence-corrected chi connectivity index (χ3v) is 3.88. The third kappa shape index (κ3) is 12.6. The minimum absolute atomic E-state index is 0.00551. The van der Waals surface area contributed by atoms with Gasteiger partial charge in [0, 0.05) is 12.5 Å². The van der Waals surface area contributed by atoms with E-state index in [1.54, 1.807) is 12.2 Å². The number of ether oxygens (including phenoxy) is 1. The molecule has 3 N–H and O–H groups in total. The summed E-state index contributed by atoms with van der Waals surface area (Å²) in [6.45, 7) is 9.30. The molecule has 0 unspecified atom stereocenters. The van der Waals surface area contributed by atoms with Gasteiger partial charge < -0.3 is 20.1 Å². The van der Waals surface area contributed by atoms with E-state index in [0.29, 0.717) is 6.42 Å². The first kappa shape index (κ1) is 23.6. The van der Waals surface area contributed by atoms with Crippen molar-refractivity contribution in [1.29, 1.82) is 0 Å². The van der Waals surface area contributed by atoms with E-state index in [1.807, 2.05) is 0 Å². The Morgan fingerprint density at radius 1 is 1.12 bits per heavy atom. The van der Waals surface area contributed by atoms with Crippen LogP contribution in [0.15, 0.2) is 37.5 Å². The molecule has 25 heavy (non-hydrogen) atoms. The summed E-state index contributed by atoms with van der Waals surface area (Å²) in [6, 6.07) is 0. The van der Waals surface area contributed by atoms with Crippen molar-refractivity contribution in [3.05, 3.63) is 37.5 Å². The van der Waals surface area contributed by atoms with Crippen molar-refractivity contribution in [3.8, 4) is 0 Å². The molecule has 5 heteroatoms. The molecule has 0 bridgehead atoms. The van der Waals surface area contributed by atoms with Crippen LogP contribution in [0.2, 0.25) is 0 Å². The van der Waals surface area contributed by atoms with Gasteiger partial charge in [0.15, 0.2) is 0 Å². The number of rotatable bonds is 15. The maximum Gasteiger partial charge on any atom is 0.330 e. The molecule has 0 saturated heterocycles. The quantitative estimate of drug-likeness (QED) is 0.182. The van der Waals surface area contributed by atoms with Crippen LogP contribution in [0.4, 0.5) is 0 Å². The van der Waals surface area contributed by atoms with Gasteiger partial charge in [-0.25, -0.2) is 4.79 Å². The van der Waals surface area contributed by atoms with Crippen LogP contribution in [0, 0.1) is 0 Å². The normalized spacial score (nSPS) is 16.2. The Kier molecular flexibility index (Phi) is 14.0. The average Bonchev–Trinajstić information content (AvgIpc) is 2.57. The summed E-state index contributed by atoms with van der Waals surface area (Å²) >= 11 is 0. The van der Waals surface area contributed by atoms with Gasteiger partial charge in [0.1, 0.15) is 6.10 Å². The van der Waals surface area contributed by atoms with E-state index in [2.05, 4.69) is 20.1 Å². The van der Waals surface area contributed by atoms with Crippen molar-refractivity contribution in [2.45, 2.75) is 82.7 Å². The summed E-state index contributed by atoms with van der Waals surface area (Å²) in [4.78, 5) is 11.9. The molecule has 0 fully saturated rings. The minimum atomic E-state index is -1.24. The zero-order valence-corrected chi connectivity index (χ0v) is 15.3. The molecule has 0 aliphatic carbocycles. The fourth-order valence-electron chi connectivity index (χ4n) is 2.40. The lowest BCUT2D eigenvalue weighted by molar-refractivity contribution is -0.143. The highest BCUT2D eigenvalue weighted by atomic mass is 16.5. The lowest BCUT2D eigenvalue weighted by Crippen LogP contribution is -2.28. The Balaban J connectivity index is 4.41. The van der Waals surface area contributed by atoms with E-state index >= 15 is 0 Å². The van der Waals surface area contributed by atoms with Crippen molar-refractivity contribution in [2.75, 3.05) is 0 Å². The monoisotopic (exact) mass is 354 g/mol. The second kappa shape index (κ2) is 14.9. The molecule has 0 heterocycles. The summed E-state index contributed by atoms with van der Waals surface area (Å²) in [5, 5.41) is 29.2. The topological polar surface area (TPSA) is 87.0 Å². The second-order valence-corrected chi connectivity index (χ2v) is 6.25. The molecule has 0 radical (unpaired) electrons. The van der Waals surface area contributed by atoms with Gasteiger partial charge in [-0.3, -0.25) is 0 Å². The first-order chi connectivity index (χ1) is 11.9. The van der Waals surface area contributed by atoms with Gasteiger partial charge in [0.05, 0.1) is 18.3 Å². The first-order valence-corrected chi connectivity index (χ1v) is 9.09. The Hall–Kier alpha value is -1.43. The predicted molar refractivity (Wildman–Crippen MR) is 100 cm³/mol. The third-order valence-electron chi connectivity index (χ3n) is 3.88. The van der Waals surface area contributed by atoms with Gasteiger partial charge >= 0.3 is 5.97 Å². The molecule has 4 atom stereocenters. The van der Waals surface area contributed by atoms with Crippen molar-refractivity contribution < 1.29 is 24.9 Å². The van der Waals surface area contributed by atoms with Crippen LogP contribution in [-0.4, -0.2) is 45.7 Å². The van der Waals surface area contributed by atoms with Gasteiger partial charge in [0.2, 0.25) is 0 Å². The molecule has 0 aliphatic heterocycles. The van der Waals surface area contributed by atoms with Crippen LogP contribution in [0.1, 0.15) is 58.3 Å². The molecule has 0 aromatic carbocycles. The maximum absolute atomic E-state index is 11.9. The van der Waals surface area contributed by atoms with Gasteiger partial charge in [-0.1, -0.05) is 31.9 Å². The number of carbonyl (C=O) groups is 1. The standard InChI is InChI=1S/C20H34O5/c1-4-7-9-12-17(11-8-5-2)25-20(24)14-13-18(22)19(23)15-16(21)10-6-3/h5-6,13-14,16-19,21-23H,2-4,7-12,15H2,1H3/b14-13+/t16-,17+,18+,19+/m1/s1. The summed E-state index contributed by atoms with van der Waals surface area (Å²) in [6.07, 6.45) is 8.17. The number of carbonyl (C=O) groups excluding carboxylic acids is 1. The van der Waals surface area contributed by atoms with E-state index in [4.69, 9.17) is 4.74 Å². The molecule has 0 aromatic heterocycles. The summed E-state index contributed by atoms with van der Waals surface area (Å²) in [5.41, 5.74) is 0. The molecule has 0 amide bonds. The smallest absolute Gasteiger partial charge is 0.330 e. The van der Waals surface area contributed by atoms with Crippen molar-refractivity contribution >= 4 is 5.97 Å². The number of aliphatic hydroxyl groups excluding tert-OH is 3. The number of allylic oxidation sites excluding steroid dienone is 1. The van der Waals surface area contributed by atoms with Gasteiger partial charge in [-0.15, -0.1) is 13.2 Å². The zero-order valence-electron chi connectivity index (χ0n) is 15.3. The van der Waals surface area contributed by atoms with Crippen LogP contribution in [0.5, 0.6) is 0 Å². The number of aliphatic hydroxyl groups is 3. The molecule has 5 nitrogen and oxygen atoms in total. The lowest BCUT2D eigenvalue weighted by atomic mass is 10.0. The predicted octanol–water partition coefficient (Wildman–Crippen LogP) is 3.05. The molecule has 144 valence electrons. The van der Waals surface area contributed by atoms with Crippen molar-refractivity contribution in [3.63, 3.8) is 0 Å². The highest BCUT2D eigenvalue weighted by Crippen LogP contribution is 2.13. The minimum Gasteiger partial charge on any atom is -0.459 e. The SMILES string of the molecule is C=CCC[C@@H](CCCCC)OC(=O)/C=C/[C@H](O)[C@@H](O)C[C@H](O)CC=C. The van der Waals surface area contributed by atoms with Crippen molar-refractivity contribution in [2.24, 2.45) is 0 Å². The van der Waals surface area contributed by atoms with E-state index in [9.17, 15) is 20.1 Å². The molecular weight excluding hydrogens is 320 g/mol. The number of hydrogen-bond donors (Lipinski definition) is 3. The first-order valence-electron chi connectivity index (χ1n) is 9.09. The maximum atomic E-state index is 11.9. The lowest BCUT2D eigenvalue weighted by Gasteiger charge is -2.18. The van der Waals surface area contributed by atoms with Crippen LogP contribution in [0.25, 0.3) is 0 Å². The fourth-order valence-corrected chi connectivity index (χ4v) is 2.40. The summed E-state index contributed by atoms with van der Waals surface area (Å²) < 4.78 is 5.42.